The number of nitrogens with zero attached hydrogens (tertiary/aromatic N) is 5. The van der Waals surface area contributed by atoms with Crippen molar-refractivity contribution < 1.29 is 9.53 Å². The lowest BCUT2D eigenvalue weighted by Crippen LogP contribution is -2.45. The summed E-state index contributed by atoms with van der Waals surface area (Å²) in [6.07, 6.45) is 1.54. The van der Waals surface area contributed by atoms with E-state index in [1.165, 1.54) is 13.3 Å². The Balaban J connectivity index is 1.79. The summed E-state index contributed by atoms with van der Waals surface area (Å²) in [7, 11) is 3.45. The fourth-order valence-corrected chi connectivity index (χ4v) is 2.51. The van der Waals surface area contributed by atoms with E-state index in [-0.39, 0.29) is 0 Å². The van der Waals surface area contributed by atoms with Gasteiger partial charge in [-0.3, -0.25) is 0 Å². The molecule has 1 aromatic carbocycles. The van der Waals surface area contributed by atoms with Crippen molar-refractivity contribution in [3.63, 3.8) is 0 Å². The Hall–Kier alpha value is -2.74. The van der Waals surface area contributed by atoms with Crippen LogP contribution in [0.5, 0.6) is 0 Å². The molecule has 0 bridgehead atoms. The molecular weight excluding hydrogens is 308 g/mol. The Morgan fingerprint density at radius 2 is 1.96 bits per heavy atom. The number of aromatic nitrogens is 3. The lowest BCUT2D eigenvalue weighted by Gasteiger charge is -2.32. The number of ether oxygens (including phenoxy) is 1. The van der Waals surface area contributed by atoms with E-state index in [2.05, 4.69) is 37.3 Å². The molecule has 1 aliphatic heterocycles. The second kappa shape index (κ2) is 7.22. The zero-order valence-electron chi connectivity index (χ0n) is 13.8. The molecule has 0 atom stereocenters. The maximum absolute atomic E-state index is 11.8. The number of methoxy groups -OCH3 is 1. The first-order valence-corrected chi connectivity index (χ1v) is 7.75. The molecule has 8 heteroatoms. The molecule has 0 aliphatic carbocycles. The van der Waals surface area contributed by atoms with Crippen molar-refractivity contribution in [3.8, 4) is 0 Å². The third kappa shape index (κ3) is 3.60. The highest BCUT2D eigenvalue weighted by molar-refractivity contribution is 5.96. The van der Waals surface area contributed by atoms with Gasteiger partial charge in [0.25, 0.3) is 0 Å². The Morgan fingerprint density at radius 1 is 1.21 bits per heavy atom. The van der Waals surface area contributed by atoms with Gasteiger partial charge in [-0.25, -0.2) is 4.79 Å². The van der Waals surface area contributed by atoms with Gasteiger partial charge in [0.05, 0.1) is 24.6 Å². The topological polar surface area (TPSA) is 83.5 Å². The van der Waals surface area contributed by atoms with E-state index in [9.17, 15) is 4.79 Å². The number of nitrogens with one attached hydrogen (secondary N) is 1. The summed E-state index contributed by atoms with van der Waals surface area (Å²) >= 11 is 0. The summed E-state index contributed by atoms with van der Waals surface area (Å²) < 4.78 is 4.80. The van der Waals surface area contributed by atoms with Gasteiger partial charge in [-0.15, -0.1) is 5.10 Å². The van der Waals surface area contributed by atoms with Crippen molar-refractivity contribution in [1.82, 2.24) is 20.1 Å². The number of likely N-dealkylation sites (N-methyl/N-ethyl adjacent to an activating group) is 1. The predicted octanol–water partition coefficient (Wildman–Crippen LogP) is 1.15. The zero-order valence-corrected chi connectivity index (χ0v) is 13.8. The van der Waals surface area contributed by atoms with Crippen LogP contribution < -0.4 is 10.2 Å². The second-order valence-corrected chi connectivity index (χ2v) is 5.59. The van der Waals surface area contributed by atoms with Gasteiger partial charge in [0, 0.05) is 26.2 Å². The van der Waals surface area contributed by atoms with Gasteiger partial charge in [0.1, 0.15) is 0 Å². The molecule has 1 fully saturated rings. The minimum Gasteiger partial charge on any atom is -0.465 e. The molecule has 0 radical (unpaired) electrons. The predicted molar refractivity (Wildman–Crippen MR) is 90.6 cm³/mol. The van der Waals surface area contributed by atoms with Crippen molar-refractivity contribution >= 4 is 23.4 Å². The SMILES string of the molecule is COC(=O)c1ccccc1Nc1cnnc(N2CCN(C)CC2)n1. The number of carbonyl (C=O) groups is 1. The maximum Gasteiger partial charge on any atom is 0.339 e. The van der Waals surface area contributed by atoms with Crippen LogP contribution in [0, 0.1) is 0 Å². The number of esters is 1. The van der Waals surface area contributed by atoms with E-state index in [0.29, 0.717) is 23.0 Å². The number of carbonyl (C=O) groups excluding carboxylic acids is 1. The second-order valence-electron chi connectivity index (χ2n) is 5.59. The number of rotatable bonds is 4. The molecule has 2 heterocycles. The third-order valence-electron chi connectivity index (χ3n) is 3.93. The number of anilines is 3. The average Bonchev–Trinajstić information content (AvgIpc) is 2.62. The smallest absolute Gasteiger partial charge is 0.339 e. The summed E-state index contributed by atoms with van der Waals surface area (Å²) in [5.74, 6) is 0.721. The molecule has 0 amide bonds. The van der Waals surface area contributed by atoms with E-state index >= 15 is 0 Å². The van der Waals surface area contributed by atoms with Gasteiger partial charge >= 0.3 is 5.97 Å². The van der Waals surface area contributed by atoms with Crippen molar-refractivity contribution in [2.24, 2.45) is 0 Å². The highest BCUT2D eigenvalue weighted by atomic mass is 16.5. The maximum atomic E-state index is 11.8. The Labute approximate surface area is 140 Å². The zero-order chi connectivity index (χ0) is 16.9. The molecule has 3 rings (SSSR count). The van der Waals surface area contributed by atoms with Crippen LogP contribution in [0.3, 0.4) is 0 Å². The van der Waals surface area contributed by atoms with Crippen molar-refractivity contribution in [1.29, 1.82) is 0 Å². The van der Waals surface area contributed by atoms with Gasteiger partial charge in [-0.1, -0.05) is 12.1 Å². The van der Waals surface area contributed by atoms with E-state index in [4.69, 9.17) is 4.74 Å². The lowest BCUT2D eigenvalue weighted by molar-refractivity contribution is 0.0602. The number of piperazine rings is 1. The van der Waals surface area contributed by atoms with Crippen LogP contribution in [-0.2, 0) is 4.74 Å². The molecule has 2 aromatic rings. The molecule has 0 saturated carbocycles. The summed E-state index contributed by atoms with van der Waals surface area (Å²) in [4.78, 5) is 20.7. The fraction of sp³-hybridized carbons (Fsp3) is 0.375. The number of benzene rings is 1. The van der Waals surface area contributed by atoms with Gasteiger partial charge in [-0.2, -0.15) is 10.1 Å². The molecule has 24 heavy (non-hydrogen) atoms. The third-order valence-corrected chi connectivity index (χ3v) is 3.93. The van der Waals surface area contributed by atoms with Gasteiger partial charge in [0.15, 0.2) is 5.82 Å². The Kier molecular flexibility index (Phi) is 4.85. The molecule has 8 nitrogen and oxygen atoms in total. The molecule has 1 saturated heterocycles. The van der Waals surface area contributed by atoms with E-state index in [1.54, 1.807) is 18.2 Å². The monoisotopic (exact) mass is 328 g/mol. The van der Waals surface area contributed by atoms with Crippen molar-refractivity contribution in [3.05, 3.63) is 36.0 Å². The molecule has 1 aromatic heterocycles. The first kappa shape index (κ1) is 16.1. The first-order chi connectivity index (χ1) is 11.7. The first-order valence-electron chi connectivity index (χ1n) is 7.75. The van der Waals surface area contributed by atoms with Crippen LogP contribution in [0.2, 0.25) is 0 Å². The van der Waals surface area contributed by atoms with Crippen LogP contribution in [0.4, 0.5) is 17.5 Å². The number of hydrogen-bond donors (Lipinski definition) is 1. The summed E-state index contributed by atoms with van der Waals surface area (Å²) in [5.41, 5.74) is 1.06. The van der Waals surface area contributed by atoms with Gasteiger partial charge in [0.2, 0.25) is 5.95 Å². The van der Waals surface area contributed by atoms with Crippen LogP contribution in [0.1, 0.15) is 10.4 Å². The standard InChI is InChI=1S/C16H20N6O2/c1-21-7-9-22(10-8-21)16-19-14(11-17-20-16)18-13-6-4-3-5-12(13)15(23)24-2/h3-6,11H,7-10H2,1-2H3,(H,18,19,20). The molecular formula is C16H20N6O2. The summed E-state index contributed by atoms with van der Waals surface area (Å²) in [6.45, 7) is 3.65. The van der Waals surface area contributed by atoms with Crippen molar-refractivity contribution in [2.75, 3.05) is 50.6 Å². The highest BCUT2D eigenvalue weighted by Crippen LogP contribution is 2.21. The van der Waals surface area contributed by atoms with Gasteiger partial charge < -0.3 is 19.9 Å². The average molecular weight is 328 g/mol. The summed E-state index contributed by atoms with van der Waals surface area (Å²) in [6, 6.07) is 7.12. The van der Waals surface area contributed by atoms with E-state index in [1.807, 2.05) is 6.07 Å². The van der Waals surface area contributed by atoms with E-state index < -0.39 is 5.97 Å². The number of hydrogen-bond acceptors (Lipinski definition) is 8. The fourth-order valence-electron chi connectivity index (χ4n) is 2.51. The van der Waals surface area contributed by atoms with Crippen LogP contribution >= 0.6 is 0 Å². The molecule has 0 unspecified atom stereocenters. The van der Waals surface area contributed by atoms with Crippen molar-refractivity contribution in [2.45, 2.75) is 0 Å². The van der Waals surface area contributed by atoms with E-state index in [0.717, 1.165) is 26.2 Å². The molecule has 1 aliphatic rings. The Morgan fingerprint density at radius 3 is 2.71 bits per heavy atom. The highest BCUT2D eigenvalue weighted by Gasteiger charge is 2.18. The normalized spacial score (nSPS) is 15.2. The van der Waals surface area contributed by atoms with Gasteiger partial charge in [-0.05, 0) is 19.2 Å². The molecule has 0 spiro atoms. The molecule has 126 valence electrons. The lowest BCUT2D eigenvalue weighted by atomic mass is 10.2. The number of para-hydroxylation sites is 1. The van der Waals surface area contributed by atoms with Crippen LogP contribution in [0.15, 0.2) is 30.5 Å². The largest absolute Gasteiger partial charge is 0.465 e. The quantitative estimate of drug-likeness (QED) is 0.837. The van der Waals surface area contributed by atoms with Crippen LogP contribution in [0.25, 0.3) is 0 Å². The minimum atomic E-state index is -0.403. The van der Waals surface area contributed by atoms with Crippen LogP contribution in [-0.4, -0.2) is 66.4 Å². The minimum absolute atomic E-state index is 0.403. The summed E-state index contributed by atoms with van der Waals surface area (Å²) in [5, 5.41) is 11.3. The molecule has 1 N–H and O–H groups in total. The Bertz CT molecular complexity index is 715.